The minimum absolute atomic E-state index is 0.0500. The van der Waals surface area contributed by atoms with Crippen molar-refractivity contribution in [1.82, 2.24) is 0 Å². The summed E-state index contributed by atoms with van der Waals surface area (Å²) < 4.78 is 17.0. The molecule has 0 radical (unpaired) electrons. The van der Waals surface area contributed by atoms with E-state index in [9.17, 15) is 4.79 Å². The van der Waals surface area contributed by atoms with Crippen molar-refractivity contribution < 1.29 is 22.9 Å². The van der Waals surface area contributed by atoms with Crippen LogP contribution in [0.3, 0.4) is 0 Å². The zero-order valence-electron chi connectivity index (χ0n) is 15.3. The number of hydrogen-bond donors (Lipinski definition) is 0. The van der Waals surface area contributed by atoms with E-state index in [4.69, 9.17) is 13.6 Å². The second kappa shape index (κ2) is 10.6. The fourth-order valence-electron chi connectivity index (χ4n) is 1.67. The van der Waals surface area contributed by atoms with Crippen molar-refractivity contribution in [1.29, 1.82) is 0 Å². The van der Waals surface area contributed by atoms with Crippen molar-refractivity contribution >= 4 is 26.3 Å². The Morgan fingerprint density at radius 1 is 1.23 bits per heavy atom. The van der Waals surface area contributed by atoms with Crippen LogP contribution in [0.15, 0.2) is 0 Å². The molecule has 0 bridgehead atoms. The van der Waals surface area contributed by atoms with Crippen LogP contribution in [-0.4, -0.2) is 79.0 Å². The smallest absolute Gasteiger partial charge is 0.334 e. The molecule has 0 amide bonds. The molecule has 0 aliphatic carbocycles. The van der Waals surface area contributed by atoms with Gasteiger partial charge in [0.05, 0.1) is 27.1 Å². The third-order valence-electron chi connectivity index (χ3n) is 3.56. The molecule has 0 fully saturated rings. The van der Waals surface area contributed by atoms with E-state index in [0.29, 0.717) is 6.61 Å². The van der Waals surface area contributed by atoms with E-state index in [-0.39, 0.29) is 11.9 Å². The number of thioether (sulfide) groups is 1. The molecule has 0 aliphatic heterocycles. The molecule has 1 unspecified atom stereocenters. The van der Waals surface area contributed by atoms with Gasteiger partial charge in [-0.25, -0.2) is 0 Å². The number of ether oxygens (including phenoxy) is 1. The van der Waals surface area contributed by atoms with Gasteiger partial charge < -0.3 is 18.1 Å². The van der Waals surface area contributed by atoms with Crippen LogP contribution in [0.1, 0.15) is 13.3 Å². The number of carbonyl (C=O) groups is 1. The molecule has 0 heterocycles. The van der Waals surface area contributed by atoms with Gasteiger partial charge in [-0.05, 0) is 24.8 Å². The van der Waals surface area contributed by atoms with E-state index in [2.05, 4.69) is 27.7 Å². The first-order valence-corrected chi connectivity index (χ1v) is 11.5. The molecule has 5 nitrogen and oxygen atoms in total. The van der Waals surface area contributed by atoms with E-state index in [1.165, 1.54) is 0 Å². The molecule has 0 aliphatic rings. The summed E-state index contributed by atoms with van der Waals surface area (Å²) in [6.07, 6.45) is 1.05. The topological polar surface area (TPSA) is 44.8 Å². The van der Waals surface area contributed by atoms with Gasteiger partial charge in [-0.3, -0.25) is 4.79 Å². The fourth-order valence-corrected chi connectivity index (χ4v) is 4.33. The first kappa shape index (κ1) is 21.9. The summed E-state index contributed by atoms with van der Waals surface area (Å²) in [7, 11) is 7.76. The van der Waals surface area contributed by atoms with Gasteiger partial charge in [0.1, 0.15) is 13.2 Å². The van der Waals surface area contributed by atoms with Crippen LogP contribution < -0.4 is 0 Å². The van der Waals surface area contributed by atoms with Gasteiger partial charge in [0, 0.05) is 20.0 Å². The predicted octanol–water partition coefficient (Wildman–Crippen LogP) is 2.36. The minimum atomic E-state index is -1.94. The molecule has 0 aromatic rings. The van der Waals surface area contributed by atoms with Gasteiger partial charge in [-0.1, -0.05) is 6.92 Å². The zero-order chi connectivity index (χ0) is 17.2. The van der Waals surface area contributed by atoms with Gasteiger partial charge in [0.25, 0.3) is 0 Å². The van der Waals surface area contributed by atoms with Gasteiger partial charge in [0.15, 0.2) is 0 Å². The summed E-state index contributed by atoms with van der Waals surface area (Å²) in [5.41, 5.74) is 0. The predicted molar refractivity (Wildman–Crippen MR) is 95.4 cm³/mol. The molecule has 0 rings (SSSR count). The lowest BCUT2D eigenvalue weighted by Gasteiger charge is -2.23. The van der Waals surface area contributed by atoms with E-state index in [1.54, 1.807) is 26.0 Å². The van der Waals surface area contributed by atoms with Crippen molar-refractivity contribution in [2.45, 2.75) is 25.9 Å². The summed E-state index contributed by atoms with van der Waals surface area (Å²) in [6, 6.07) is 0.981. The molecule has 1 atom stereocenters. The van der Waals surface area contributed by atoms with E-state index >= 15 is 0 Å². The number of nitrogens with zero attached hydrogens (tertiary/aromatic N) is 1. The largest absolute Gasteiger partial charge is 0.459 e. The molecule has 0 aromatic carbocycles. The van der Waals surface area contributed by atoms with Crippen LogP contribution in [0.4, 0.5) is 0 Å². The molecule has 0 saturated carbocycles. The Labute approximate surface area is 141 Å². The van der Waals surface area contributed by atoms with Gasteiger partial charge in [-0.15, -0.1) is 0 Å². The molecule has 0 spiro atoms. The fraction of sp³-hybridized carbons (Fsp3) is 0.933. The van der Waals surface area contributed by atoms with Gasteiger partial charge in [-0.2, -0.15) is 11.8 Å². The second-order valence-corrected chi connectivity index (χ2v) is 11.5. The second-order valence-electron chi connectivity index (χ2n) is 6.80. The van der Waals surface area contributed by atoms with E-state index in [1.807, 2.05) is 6.92 Å². The summed E-state index contributed by atoms with van der Waals surface area (Å²) >= 11 is 1.80. The highest BCUT2D eigenvalue weighted by Gasteiger charge is 2.27. The quantitative estimate of drug-likeness (QED) is 0.233. The zero-order valence-corrected chi connectivity index (χ0v) is 17.1. The van der Waals surface area contributed by atoms with Crippen LogP contribution in [0.25, 0.3) is 0 Å². The Morgan fingerprint density at radius 2 is 1.82 bits per heavy atom. The monoisotopic (exact) mass is 352 g/mol. The minimum Gasteiger partial charge on any atom is -0.459 e. The Kier molecular flexibility index (Phi) is 10.6. The number of hydrogen-bond acceptors (Lipinski definition) is 5. The number of quaternary nitrogens is 1. The third kappa shape index (κ3) is 10.6. The lowest BCUT2D eigenvalue weighted by atomic mass is 10.2. The number of carbonyl (C=O) groups excluding carboxylic acids is 1. The molecule has 7 heteroatoms. The van der Waals surface area contributed by atoms with Crippen LogP contribution in [0.5, 0.6) is 0 Å². The maximum Gasteiger partial charge on any atom is 0.334 e. The number of esters is 1. The van der Waals surface area contributed by atoms with Crippen molar-refractivity contribution in [3.63, 3.8) is 0 Å². The van der Waals surface area contributed by atoms with Gasteiger partial charge in [0.2, 0.25) is 0 Å². The average molecular weight is 353 g/mol. The SMILES string of the molecule is CO[Si](C)(CCCSCC(C)C(=O)OCC[N+](C)(C)C)OC. The first-order chi connectivity index (χ1) is 10.1. The maximum atomic E-state index is 11.9. The number of likely N-dealkylation sites (N-methyl/N-ethyl adjacent to an activating group) is 1. The van der Waals surface area contributed by atoms with Crippen LogP contribution in [0, 0.1) is 5.92 Å². The molecule has 22 heavy (non-hydrogen) atoms. The Bertz CT molecular complexity index is 319. The summed E-state index contributed by atoms with van der Waals surface area (Å²) in [4.78, 5) is 11.9. The average Bonchev–Trinajstić information content (AvgIpc) is 2.44. The van der Waals surface area contributed by atoms with Crippen LogP contribution in [-0.2, 0) is 18.4 Å². The molecule has 0 aromatic heterocycles. The highest BCUT2D eigenvalue weighted by atomic mass is 32.2. The van der Waals surface area contributed by atoms with Crippen molar-refractivity contribution in [3.8, 4) is 0 Å². The molecule has 0 N–H and O–H groups in total. The van der Waals surface area contributed by atoms with E-state index in [0.717, 1.165) is 35.0 Å². The summed E-state index contributed by atoms with van der Waals surface area (Å²) in [6.45, 7) is 5.33. The van der Waals surface area contributed by atoms with Crippen LogP contribution >= 0.6 is 11.8 Å². The summed E-state index contributed by atoms with van der Waals surface area (Å²) in [5.74, 6) is 1.69. The maximum absolute atomic E-state index is 11.9. The van der Waals surface area contributed by atoms with E-state index < -0.39 is 8.56 Å². The van der Waals surface area contributed by atoms with Crippen molar-refractivity contribution in [2.75, 3.05) is 60.0 Å². The standard InChI is InChI=1S/C15H34NO4SSi/c1-14(15(17)20-10-9-16(2,3)4)13-21-11-8-12-22(7,18-5)19-6/h14H,8-13H2,1-7H3/q+1. The lowest BCUT2D eigenvalue weighted by molar-refractivity contribution is -0.870. The van der Waals surface area contributed by atoms with Crippen molar-refractivity contribution in [3.05, 3.63) is 0 Å². The third-order valence-corrected chi connectivity index (χ3v) is 7.86. The highest BCUT2D eigenvalue weighted by Crippen LogP contribution is 2.18. The Morgan fingerprint density at radius 3 is 2.32 bits per heavy atom. The van der Waals surface area contributed by atoms with Crippen molar-refractivity contribution in [2.24, 2.45) is 5.92 Å². The Hall–Kier alpha value is -0.0831. The molecular formula is C15H34NO4SSi+. The molecular weight excluding hydrogens is 318 g/mol. The van der Waals surface area contributed by atoms with Gasteiger partial charge >= 0.3 is 14.5 Å². The Balaban J connectivity index is 3.76. The summed E-state index contributed by atoms with van der Waals surface area (Å²) in [5, 5.41) is 0. The van der Waals surface area contributed by atoms with Crippen LogP contribution in [0.2, 0.25) is 12.6 Å². The molecule has 132 valence electrons. The lowest BCUT2D eigenvalue weighted by Crippen LogP contribution is -2.38. The normalized spacial score (nSPS) is 14.0. The molecule has 0 saturated heterocycles. The first-order valence-electron chi connectivity index (χ1n) is 7.78. The number of rotatable bonds is 12. The highest BCUT2D eigenvalue weighted by molar-refractivity contribution is 7.99.